The van der Waals surface area contributed by atoms with E-state index < -0.39 is 0 Å². The highest BCUT2D eigenvalue weighted by Crippen LogP contribution is 2.16. The largest absolute Gasteiger partial charge is 0.310 e. The minimum absolute atomic E-state index is 0.601. The maximum absolute atomic E-state index is 4.38. The Morgan fingerprint density at radius 2 is 1.70 bits per heavy atom. The van der Waals surface area contributed by atoms with Gasteiger partial charge < -0.3 is 10.2 Å². The first-order valence-electron chi connectivity index (χ1n) is 9.96. The van der Waals surface area contributed by atoms with E-state index in [0.29, 0.717) is 6.04 Å². The molecule has 4 rings (SSSR count). The minimum Gasteiger partial charge on any atom is -0.310 e. The van der Waals surface area contributed by atoms with E-state index in [-0.39, 0.29) is 0 Å². The van der Waals surface area contributed by atoms with E-state index in [1.807, 2.05) is 23.1 Å². The molecule has 0 unspecified atom stereocenters. The van der Waals surface area contributed by atoms with Crippen molar-refractivity contribution < 1.29 is 0 Å². The molecule has 0 aliphatic carbocycles. The molecule has 0 saturated carbocycles. The summed E-state index contributed by atoms with van der Waals surface area (Å²) in [6.45, 7) is 4.43. The highest BCUT2D eigenvalue weighted by atomic mass is 15.3. The van der Waals surface area contributed by atoms with Crippen LogP contribution in [0.3, 0.4) is 0 Å². The van der Waals surface area contributed by atoms with Gasteiger partial charge in [0, 0.05) is 31.5 Å². The zero-order valence-corrected chi connectivity index (χ0v) is 15.8. The summed E-state index contributed by atoms with van der Waals surface area (Å²) in [5, 5.41) is 8.15. The Bertz CT molecular complexity index is 805. The molecule has 140 valence electrons. The van der Waals surface area contributed by atoms with Crippen LogP contribution in [-0.4, -0.2) is 40.4 Å². The van der Waals surface area contributed by atoms with Crippen molar-refractivity contribution in [3.8, 4) is 5.69 Å². The zero-order valence-electron chi connectivity index (χ0n) is 15.8. The molecule has 3 aromatic rings. The van der Waals surface area contributed by atoms with Crippen LogP contribution in [0, 0.1) is 0 Å². The SMILES string of the molecule is c1ccc(CCN2CCC(NCc3ccccc3-n3cccn3)CC2)cc1. The monoisotopic (exact) mass is 360 g/mol. The van der Waals surface area contributed by atoms with Gasteiger partial charge in [0.05, 0.1) is 5.69 Å². The lowest BCUT2D eigenvalue weighted by Crippen LogP contribution is -2.42. The summed E-state index contributed by atoms with van der Waals surface area (Å²) >= 11 is 0. The molecule has 27 heavy (non-hydrogen) atoms. The molecule has 1 N–H and O–H groups in total. The number of aromatic nitrogens is 2. The fourth-order valence-corrected chi connectivity index (χ4v) is 3.84. The molecule has 2 aromatic carbocycles. The summed E-state index contributed by atoms with van der Waals surface area (Å²) in [5.41, 5.74) is 3.90. The summed E-state index contributed by atoms with van der Waals surface area (Å²) in [5.74, 6) is 0. The third-order valence-corrected chi connectivity index (χ3v) is 5.47. The van der Waals surface area contributed by atoms with E-state index in [4.69, 9.17) is 0 Å². The Morgan fingerprint density at radius 3 is 2.48 bits per heavy atom. The van der Waals surface area contributed by atoms with Crippen LogP contribution in [0.1, 0.15) is 24.0 Å². The van der Waals surface area contributed by atoms with Gasteiger partial charge in [0.25, 0.3) is 0 Å². The zero-order chi connectivity index (χ0) is 18.3. The summed E-state index contributed by atoms with van der Waals surface area (Å²) in [6.07, 6.45) is 7.42. The van der Waals surface area contributed by atoms with E-state index in [1.54, 1.807) is 0 Å². The summed E-state index contributed by atoms with van der Waals surface area (Å²) in [4.78, 5) is 2.60. The molecule has 4 heteroatoms. The van der Waals surface area contributed by atoms with Crippen molar-refractivity contribution in [1.29, 1.82) is 0 Å². The topological polar surface area (TPSA) is 33.1 Å². The van der Waals surface area contributed by atoms with Crippen molar-refractivity contribution in [3.05, 3.63) is 84.2 Å². The predicted octanol–water partition coefficient (Wildman–Crippen LogP) is 3.67. The Balaban J connectivity index is 1.25. The Morgan fingerprint density at radius 1 is 0.926 bits per heavy atom. The molecule has 1 aliphatic rings. The van der Waals surface area contributed by atoms with Crippen LogP contribution < -0.4 is 5.32 Å². The van der Waals surface area contributed by atoms with Crippen LogP contribution in [0.4, 0.5) is 0 Å². The molecule has 0 radical (unpaired) electrons. The maximum atomic E-state index is 4.38. The molecule has 0 bridgehead atoms. The summed E-state index contributed by atoms with van der Waals surface area (Å²) in [6, 6.07) is 21.9. The fourth-order valence-electron chi connectivity index (χ4n) is 3.84. The van der Waals surface area contributed by atoms with Gasteiger partial charge in [0.15, 0.2) is 0 Å². The number of para-hydroxylation sites is 1. The third kappa shape index (κ3) is 4.85. The minimum atomic E-state index is 0.601. The van der Waals surface area contributed by atoms with E-state index in [1.165, 1.54) is 43.6 Å². The average molecular weight is 361 g/mol. The lowest BCUT2D eigenvalue weighted by atomic mass is 10.0. The number of nitrogens with one attached hydrogen (secondary N) is 1. The number of nitrogens with zero attached hydrogens (tertiary/aromatic N) is 3. The maximum Gasteiger partial charge on any atom is 0.0690 e. The quantitative estimate of drug-likeness (QED) is 0.698. The summed E-state index contributed by atoms with van der Waals surface area (Å²) in [7, 11) is 0. The number of rotatable bonds is 7. The van der Waals surface area contributed by atoms with Gasteiger partial charge in [-0.05, 0) is 55.6 Å². The van der Waals surface area contributed by atoms with E-state index >= 15 is 0 Å². The van der Waals surface area contributed by atoms with Crippen LogP contribution in [0.15, 0.2) is 73.1 Å². The first kappa shape index (κ1) is 18.0. The van der Waals surface area contributed by atoms with Gasteiger partial charge in [-0.25, -0.2) is 4.68 Å². The first-order chi connectivity index (χ1) is 13.4. The lowest BCUT2D eigenvalue weighted by Gasteiger charge is -2.32. The molecule has 1 fully saturated rings. The highest BCUT2D eigenvalue weighted by molar-refractivity contribution is 5.40. The molecule has 0 spiro atoms. The van der Waals surface area contributed by atoms with Gasteiger partial charge in [-0.3, -0.25) is 0 Å². The van der Waals surface area contributed by atoms with Crippen LogP contribution in [0.2, 0.25) is 0 Å². The molecule has 0 amide bonds. The van der Waals surface area contributed by atoms with Crippen LogP contribution in [0.25, 0.3) is 5.69 Å². The number of piperidine rings is 1. The molecule has 1 saturated heterocycles. The smallest absolute Gasteiger partial charge is 0.0690 e. The lowest BCUT2D eigenvalue weighted by molar-refractivity contribution is 0.199. The van der Waals surface area contributed by atoms with Crippen molar-refractivity contribution in [1.82, 2.24) is 20.0 Å². The normalized spacial score (nSPS) is 15.9. The molecule has 4 nitrogen and oxygen atoms in total. The van der Waals surface area contributed by atoms with Crippen molar-refractivity contribution in [2.45, 2.75) is 31.8 Å². The van der Waals surface area contributed by atoms with Gasteiger partial charge in [0.2, 0.25) is 0 Å². The molecular weight excluding hydrogens is 332 g/mol. The van der Waals surface area contributed by atoms with Crippen molar-refractivity contribution >= 4 is 0 Å². The van der Waals surface area contributed by atoms with Crippen LogP contribution in [-0.2, 0) is 13.0 Å². The van der Waals surface area contributed by atoms with Gasteiger partial charge in [-0.1, -0.05) is 48.5 Å². The van der Waals surface area contributed by atoms with Crippen molar-refractivity contribution in [2.75, 3.05) is 19.6 Å². The standard InChI is InChI=1S/C23H28N4/c1-2-7-20(8-3-1)11-16-26-17-12-22(13-18-26)24-19-21-9-4-5-10-23(21)27-15-6-14-25-27/h1-10,14-15,22,24H,11-13,16-19H2. The molecule has 1 aromatic heterocycles. The second-order valence-electron chi connectivity index (χ2n) is 7.31. The first-order valence-corrected chi connectivity index (χ1v) is 9.96. The number of likely N-dealkylation sites (tertiary alicyclic amines) is 1. The third-order valence-electron chi connectivity index (χ3n) is 5.47. The fraction of sp³-hybridized carbons (Fsp3) is 0.348. The second-order valence-corrected chi connectivity index (χ2v) is 7.31. The van der Waals surface area contributed by atoms with E-state index in [9.17, 15) is 0 Å². The van der Waals surface area contributed by atoms with Gasteiger partial charge >= 0.3 is 0 Å². The predicted molar refractivity (Wildman–Crippen MR) is 110 cm³/mol. The van der Waals surface area contributed by atoms with Gasteiger partial charge in [-0.15, -0.1) is 0 Å². The Kier molecular flexibility index (Phi) is 5.97. The average Bonchev–Trinajstić information content (AvgIpc) is 3.27. The van der Waals surface area contributed by atoms with Gasteiger partial charge in [-0.2, -0.15) is 5.10 Å². The van der Waals surface area contributed by atoms with Crippen molar-refractivity contribution in [2.24, 2.45) is 0 Å². The molecule has 1 aliphatic heterocycles. The molecular formula is C23H28N4. The number of benzene rings is 2. The van der Waals surface area contributed by atoms with Crippen LogP contribution in [0.5, 0.6) is 0 Å². The van der Waals surface area contributed by atoms with Crippen molar-refractivity contribution in [3.63, 3.8) is 0 Å². The Hall–Kier alpha value is -2.43. The Labute approximate surface area is 161 Å². The number of hydrogen-bond donors (Lipinski definition) is 1. The molecule has 0 atom stereocenters. The van der Waals surface area contributed by atoms with E-state index in [0.717, 1.165) is 18.7 Å². The summed E-state index contributed by atoms with van der Waals surface area (Å²) < 4.78 is 1.95. The van der Waals surface area contributed by atoms with Crippen LogP contribution >= 0.6 is 0 Å². The van der Waals surface area contributed by atoms with E-state index in [2.05, 4.69) is 69.9 Å². The highest BCUT2D eigenvalue weighted by Gasteiger charge is 2.18. The second kappa shape index (κ2) is 8.98. The number of hydrogen-bond acceptors (Lipinski definition) is 3. The molecule has 2 heterocycles. The van der Waals surface area contributed by atoms with Gasteiger partial charge in [0.1, 0.15) is 0 Å².